The highest BCUT2D eigenvalue weighted by molar-refractivity contribution is 5.50. The highest BCUT2D eigenvalue weighted by atomic mass is 16.5. The number of furan rings is 1. The number of benzene rings is 1. The molecule has 1 aliphatic rings. The van der Waals surface area contributed by atoms with Crippen LogP contribution in [0.5, 0.6) is 5.75 Å². The fourth-order valence-corrected chi connectivity index (χ4v) is 3.84. The van der Waals surface area contributed by atoms with Crippen molar-refractivity contribution in [3.8, 4) is 5.75 Å². The first kappa shape index (κ1) is 18.8. The summed E-state index contributed by atoms with van der Waals surface area (Å²) in [5.41, 5.74) is 6.95. The minimum Gasteiger partial charge on any atom is -0.497 e. The van der Waals surface area contributed by atoms with Gasteiger partial charge in [-0.2, -0.15) is 0 Å². The van der Waals surface area contributed by atoms with Gasteiger partial charge in [-0.1, -0.05) is 0 Å². The number of anilines is 1. The van der Waals surface area contributed by atoms with Crippen LogP contribution in [-0.2, 0) is 6.54 Å². The summed E-state index contributed by atoms with van der Waals surface area (Å²) < 4.78 is 10.9. The summed E-state index contributed by atoms with van der Waals surface area (Å²) in [4.78, 5) is 5.05. The van der Waals surface area contributed by atoms with Crippen molar-refractivity contribution in [3.05, 3.63) is 48.4 Å². The molecule has 2 heterocycles. The van der Waals surface area contributed by atoms with Crippen molar-refractivity contribution >= 4 is 5.69 Å². The quantitative estimate of drug-likeness (QED) is 0.784. The van der Waals surface area contributed by atoms with Crippen LogP contribution in [0.3, 0.4) is 0 Å². The third-order valence-electron chi connectivity index (χ3n) is 5.46. The molecule has 1 atom stereocenters. The molecule has 0 aliphatic carbocycles. The Hall–Kier alpha value is -1.98. The molecule has 0 saturated carbocycles. The number of hydrogen-bond donors (Lipinski definition) is 1. The van der Waals surface area contributed by atoms with Crippen LogP contribution in [0.2, 0.25) is 0 Å². The Balaban J connectivity index is 1.71. The monoisotopic (exact) mass is 357 g/mol. The number of ether oxygens (including phenoxy) is 1. The average molecular weight is 357 g/mol. The van der Waals surface area contributed by atoms with Crippen LogP contribution in [0.25, 0.3) is 0 Å². The first-order chi connectivity index (χ1) is 12.7. The van der Waals surface area contributed by atoms with Gasteiger partial charge >= 0.3 is 0 Å². The zero-order chi connectivity index (χ0) is 18.4. The maximum Gasteiger partial charge on any atom is 0.123 e. The lowest BCUT2D eigenvalue weighted by Gasteiger charge is -2.41. The summed E-state index contributed by atoms with van der Waals surface area (Å²) >= 11 is 0. The van der Waals surface area contributed by atoms with Gasteiger partial charge in [0, 0.05) is 30.9 Å². The lowest BCUT2D eigenvalue weighted by atomic mass is 10.00. The minimum absolute atomic E-state index is 0.509. The van der Waals surface area contributed by atoms with Gasteiger partial charge in [0.2, 0.25) is 0 Å². The third-order valence-corrected chi connectivity index (χ3v) is 5.46. The van der Waals surface area contributed by atoms with Gasteiger partial charge in [0.1, 0.15) is 11.5 Å². The van der Waals surface area contributed by atoms with Crippen LogP contribution in [0.4, 0.5) is 5.69 Å². The van der Waals surface area contributed by atoms with Gasteiger partial charge in [-0.3, -0.25) is 0 Å². The summed E-state index contributed by atoms with van der Waals surface area (Å²) in [6, 6.07) is 13.4. The highest BCUT2D eigenvalue weighted by Gasteiger charge is 2.27. The largest absolute Gasteiger partial charge is 0.497 e. The Morgan fingerprint density at radius 3 is 2.54 bits per heavy atom. The van der Waals surface area contributed by atoms with Gasteiger partial charge in [-0.25, -0.2) is 0 Å². The van der Waals surface area contributed by atoms with E-state index in [-0.39, 0.29) is 0 Å². The maximum atomic E-state index is 5.73. The number of nitrogens with zero attached hydrogens (tertiary/aromatic N) is 2. The summed E-state index contributed by atoms with van der Waals surface area (Å²) in [5, 5.41) is 0. The molecule has 3 rings (SSSR count). The van der Waals surface area contributed by atoms with E-state index >= 15 is 0 Å². The SMILES string of the molecule is COc1ccc(N(Cc2ccco2)C2CCN(C(C)CCN)CC2)cc1. The van der Waals surface area contributed by atoms with Crippen molar-refractivity contribution in [2.45, 2.75) is 44.8 Å². The average Bonchev–Trinajstić information content (AvgIpc) is 3.20. The Morgan fingerprint density at radius 1 is 1.23 bits per heavy atom. The molecule has 0 radical (unpaired) electrons. The van der Waals surface area contributed by atoms with E-state index in [1.807, 2.05) is 18.2 Å². The van der Waals surface area contributed by atoms with Crippen molar-refractivity contribution in [2.24, 2.45) is 5.73 Å². The molecule has 0 spiro atoms. The summed E-state index contributed by atoms with van der Waals surface area (Å²) in [5.74, 6) is 1.89. The van der Waals surface area contributed by atoms with Crippen molar-refractivity contribution < 1.29 is 9.15 Å². The first-order valence-electron chi connectivity index (χ1n) is 9.58. The second-order valence-electron chi connectivity index (χ2n) is 7.10. The number of hydrogen-bond acceptors (Lipinski definition) is 5. The fraction of sp³-hybridized carbons (Fsp3) is 0.524. The number of rotatable bonds is 8. The molecular formula is C21H31N3O2. The second kappa shape index (κ2) is 9.10. The van der Waals surface area contributed by atoms with Gasteiger partial charge in [-0.15, -0.1) is 0 Å². The molecule has 2 aromatic rings. The summed E-state index contributed by atoms with van der Waals surface area (Å²) in [7, 11) is 1.70. The molecule has 1 fully saturated rings. The van der Waals surface area contributed by atoms with Gasteiger partial charge in [0.15, 0.2) is 0 Å². The van der Waals surface area contributed by atoms with Crippen molar-refractivity contribution in [1.29, 1.82) is 0 Å². The summed E-state index contributed by atoms with van der Waals surface area (Å²) in [6.07, 6.45) is 5.13. The van der Waals surface area contributed by atoms with Crippen LogP contribution < -0.4 is 15.4 Å². The van der Waals surface area contributed by atoms with E-state index in [1.54, 1.807) is 13.4 Å². The molecule has 26 heavy (non-hydrogen) atoms. The Bertz CT molecular complexity index is 634. The van der Waals surface area contributed by atoms with E-state index < -0.39 is 0 Å². The normalized spacial score (nSPS) is 17.2. The molecule has 0 amide bonds. The van der Waals surface area contributed by atoms with E-state index in [9.17, 15) is 0 Å². The van der Waals surface area contributed by atoms with E-state index in [2.05, 4.69) is 34.9 Å². The van der Waals surface area contributed by atoms with Crippen LogP contribution >= 0.6 is 0 Å². The van der Waals surface area contributed by atoms with Crippen LogP contribution in [0, 0.1) is 0 Å². The van der Waals surface area contributed by atoms with Crippen LogP contribution in [0.15, 0.2) is 47.1 Å². The molecule has 1 unspecified atom stereocenters. The van der Waals surface area contributed by atoms with Gasteiger partial charge in [-0.05, 0) is 69.1 Å². The predicted octanol–water partition coefficient (Wildman–Crippen LogP) is 3.50. The molecule has 5 heteroatoms. The second-order valence-corrected chi connectivity index (χ2v) is 7.10. The molecule has 5 nitrogen and oxygen atoms in total. The highest BCUT2D eigenvalue weighted by Crippen LogP contribution is 2.28. The zero-order valence-corrected chi connectivity index (χ0v) is 15.9. The molecular weight excluding hydrogens is 326 g/mol. The topological polar surface area (TPSA) is 54.9 Å². The molecule has 1 aromatic heterocycles. The van der Waals surface area contributed by atoms with Crippen molar-refractivity contribution in [2.75, 3.05) is 31.6 Å². The fourth-order valence-electron chi connectivity index (χ4n) is 3.84. The van der Waals surface area contributed by atoms with Gasteiger partial charge in [0.05, 0.1) is 19.9 Å². The van der Waals surface area contributed by atoms with Gasteiger partial charge in [0.25, 0.3) is 0 Å². The minimum atomic E-state index is 0.509. The zero-order valence-electron chi connectivity index (χ0n) is 15.9. The first-order valence-corrected chi connectivity index (χ1v) is 9.58. The number of piperidine rings is 1. The third kappa shape index (κ3) is 4.59. The maximum absolute atomic E-state index is 5.73. The molecule has 0 bridgehead atoms. The van der Waals surface area contributed by atoms with E-state index in [0.717, 1.165) is 57.0 Å². The standard InChI is InChI=1S/C21H31N3O2/c1-17(9-12-22)23-13-10-19(11-14-23)24(16-21-4-3-15-26-21)18-5-7-20(25-2)8-6-18/h3-8,15,17,19H,9-14,16,22H2,1-2H3. The summed E-state index contributed by atoms with van der Waals surface area (Å²) in [6.45, 7) is 6.09. The van der Waals surface area contributed by atoms with Crippen molar-refractivity contribution in [1.82, 2.24) is 4.90 Å². The molecule has 1 aromatic carbocycles. The lowest BCUT2D eigenvalue weighted by Crippen LogP contribution is -2.47. The number of likely N-dealkylation sites (tertiary alicyclic amines) is 1. The Labute approximate surface area is 156 Å². The Kier molecular flexibility index (Phi) is 6.58. The van der Waals surface area contributed by atoms with Crippen LogP contribution in [0.1, 0.15) is 31.9 Å². The van der Waals surface area contributed by atoms with Gasteiger partial charge < -0.3 is 24.7 Å². The molecule has 2 N–H and O–H groups in total. The number of nitrogens with two attached hydrogens (primary N) is 1. The van der Waals surface area contributed by atoms with E-state index in [0.29, 0.717) is 12.1 Å². The molecule has 1 saturated heterocycles. The Morgan fingerprint density at radius 2 is 1.96 bits per heavy atom. The predicted molar refractivity (Wildman–Crippen MR) is 106 cm³/mol. The lowest BCUT2D eigenvalue weighted by molar-refractivity contribution is 0.154. The van der Waals surface area contributed by atoms with E-state index in [4.69, 9.17) is 14.9 Å². The van der Waals surface area contributed by atoms with Crippen molar-refractivity contribution in [3.63, 3.8) is 0 Å². The smallest absolute Gasteiger partial charge is 0.123 e. The molecule has 142 valence electrons. The number of methoxy groups -OCH3 is 1. The van der Waals surface area contributed by atoms with E-state index in [1.165, 1.54) is 5.69 Å². The van der Waals surface area contributed by atoms with Crippen LogP contribution in [-0.4, -0.2) is 43.7 Å². The molecule has 1 aliphatic heterocycles.